The van der Waals surface area contributed by atoms with Gasteiger partial charge in [-0.15, -0.1) is 0 Å². The van der Waals surface area contributed by atoms with Crippen LogP contribution in [-0.2, 0) is 13.6 Å². The third kappa shape index (κ3) is 3.37. The minimum Gasteiger partial charge on any atom is -0.352 e. The molecule has 0 unspecified atom stereocenters. The molecule has 0 bridgehead atoms. The van der Waals surface area contributed by atoms with Crippen LogP contribution in [0.15, 0.2) is 27.6 Å². The first kappa shape index (κ1) is 15.0. The smallest absolute Gasteiger partial charge is 0.251 e. The number of rotatable bonds is 4. The highest BCUT2D eigenvalue weighted by Gasteiger charge is 2.16. The van der Waals surface area contributed by atoms with Gasteiger partial charge in [0.05, 0.1) is 6.04 Å². The van der Waals surface area contributed by atoms with E-state index in [9.17, 15) is 4.79 Å². The number of aryl methyl sites for hydroxylation is 2. The molecule has 0 fully saturated rings. The maximum atomic E-state index is 11.5. The molecule has 2 aromatic heterocycles. The summed E-state index contributed by atoms with van der Waals surface area (Å²) in [4.78, 5) is 20.9. The Kier molecular flexibility index (Phi) is 4.45. The molecule has 2 rings (SSSR count). The third-order valence-electron chi connectivity index (χ3n) is 3.43. The van der Waals surface area contributed by atoms with Crippen molar-refractivity contribution >= 4 is 15.9 Å². The lowest BCUT2D eigenvalue weighted by Gasteiger charge is -2.24. The number of hydrogen-bond donors (Lipinski definition) is 1. The third-order valence-corrected chi connectivity index (χ3v) is 3.86. The highest BCUT2D eigenvalue weighted by atomic mass is 79.9. The summed E-state index contributed by atoms with van der Waals surface area (Å²) in [6.07, 6.45) is 2.03. The van der Waals surface area contributed by atoms with Gasteiger partial charge in [-0.25, -0.2) is 4.98 Å². The maximum Gasteiger partial charge on any atom is 0.251 e. The van der Waals surface area contributed by atoms with Crippen molar-refractivity contribution in [1.82, 2.24) is 19.4 Å². The molecule has 0 aliphatic heterocycles. The number of aromatic amines is 1. The van der Waals surface area contributed by atoms with Crippen LogP contribution in [0.3, 0.4) is 0 Å². The predicted octanol–water partition coefficient (Wildman–Crippen LogP) is 2.37. The van der Waals surface area contributed by atoms with Gasteiger partial charge < -0.3 is 9.55 Å². The molecule has 0 aliphatic carbocycles. The molecule has 108 valence electrons. The fraction of sp³-hybridized carbons (Fsp3) is 0.429. The summed E-state index contributed by atoms with van der Waals surface area (Å²) in [5.41, 5.74) is 1.83. The van der Waals surface area contributed by atoms with Gasteiger partial charge in [-0.1, -0.05) is 0 Å². The van der Waals surface area contributed by atoms with Crippen molar-refractivity contribution in [2.75, 3.05) is 7.05 Å². The summed E-state index contributed by atoms with van der Waals surface area (Å²) in [6.45, 7) is 4.65. The second-order valence-corrected chi connectivity index (χ2v) is 6.04. The van der Waals surface area contributed by atoms with Gasteiger partial charge in [0.2, 0.25) is 0 Å². The second kappa shape index (κ2) is 5.93. The lowest BCUT2D eigenvalue weighted by molar-refractivity contribution is 0.238. The quantitative estimate of drug-likeness (QED) is 0.931. The van der Waals surface area contributed by atoms with E-state index in [1.165, 1.54) is 11.8 Å². The second-order valence-electron chi connectivity index (χ2n) is 5.12. The zero-order valence-corrected chi connectivity index (χ0v) is 13.7. The number of H-pyrrole nitrogens is 1. The Morgan fingerprint density at radius 2 is 2.20 bits per heavy atom. The standard InChI is InChI=1S/C14H19BrN4O/c1-9-5-13(20)17-14(16-9)10(2)18(3)8-12-6-11(15)7-19(12)4/h5-7,10H,8H2,1-4H3,(H,16,17,20)/t10-/m0/s1. The monoisotopic (exact) mass is 338 g/mol. The van der Waals surface area contributed by atoms with Crippen molar-refractivity contribution in [2.24, 2.45) is 7.05 Å². The van der Waals surface area contributed by atoms with E-state index >= 15 is 0 Å². The molecule has 0 saturated carbocycles. The Hall–Kier alpha value is -1.40. The molecule has 20 heavy (non-hydrogen) atoms. The van der Waals surface area contributed by atoms with E-state index in [1.54, 1.807) is 0 Å². The largest absolute Gasteiger partial charge is 0.352 e. The average molecular weight is 339 g/mol. The first-order valence-corrected chi connectivity index (χ1v) is 7.25. The Balaban J connectivity index is 2.18. The van der Waals surface area contributed by atoms with Crippen LogP contribution in [0.2, 0.25) is 0 Å². The van der Waals surface area contributed by atoms with Crippen molar-refractivity contribution < 1.29 is 0 Å². The Bertz CT molecular complexity index is 661. The van der Waals surface area contributed by atoms with E-state index in [0.29, 0.717) is 5.82 Å². The molecule has 0 amide bonds. The first-order valence-electron chi connectivity index (χ1n) is 6.45. The van der Waals surface area contributed by atoms with E-state index in [2.05, 4.69) is 41.4 Å². The lowest BCUT2D eigenvalue weighted by Crippen LogP contribution is -2.26. The summed E-state index contributed by atoms with van der Waals surface area (Å²) in [6, 6.07) is 3.64. The SMILES string of the molecule is Cc1cc(=O)[nH]c([C@H](C)N(C)Cc2cc(Br)cn2C)n1. The molecule has 1 atom stereocenters. The number of aromatic nitrogens is 3. The fourth-order valence-electron chi connectivity index (χ4n) is 2.12. The summed E-state index contributed by atoms with van der Waals surface area (Å²) in [5, 5.41) is 0. The molecule has 2 aromatic rings. The van der Waals surface area contributed by atoms with Crippen LogP contribution in [0.4, 0.5) is 0 Å². The van der Waals surface area contributed by atoms with Gasteiger partial charge in [0, 0.05) is 41.7 Å². The molecule has 0 spiro atoms. The minimum atomic E-state index is -0.102. The molecule has 5 nitrogen and oxygen atoms in total. The molecule has 2 heterocycles. The van der Waals surface area contributed by atoms with Crippen molar-refractivity contribution in [3.8, 4) is 0 Å². The van der Waals surface area contributed by atoms with Crippen LogP contribution in [0, 0.1) is 6.92 Å². The molecule has 1 N–H and O–H groups in total. The minimum absolute atomic E-state index is 0.0382. The van der Waals surface area contributed by atoms with E-state index in [4.69, 9.17) is 0 Å². The van der Waals surface area contributed by atoms with Crippen molar-refractivity contribution in [1.29, 1.82) is 0 Å². The number of halogens is 1. The van der Waals surface area contributed by atoms with E-state index in [-0.39, 0.29) is 11.6 Å². The first-order chi connectivity index (χ1) is 9.36. The van der Waals surface area contributed by atoms with E-state index in [1.807, 2.05) is 34.1 Å². The molecule has 0 radical (unpaired) electrons. The molecular formula is C14H19BrN4O. The zero-order valence-electron chi connectivity index (χ0n) is 12.1. The number of nitrogens with one attached hydrogen (secondary N) is 1. The molecule has 0 saturated heterocycles. The van der Waals surface area contributed by atoms with Crippen LogP contribution in [0.5, 0.6) is 0 Å². The number of nitrogens with zero attached hydrogens (tertiary/aromatic N) is 3. The lowest BCUT2D eigenvalue weighted by atomic mass is 10.2. The molecule has 6 heteroatoms. The summed E-state index contributed by atoms with van der Waals surface area (Å²) >= 11 is 3.47. The van der Waals surface area contributed by atoms with Gasteiger partial charge in [-0.05, 0) is 42.9 Å². The van der Waals surface area contributed by atoms with Crippen LogP contribution in [-0.4, -0.2) is 26.5 Å². The van der Waals surface area contributed by atoms with Crippen LogP contribution < -0.4 is 5.56 Å². The average Bonchev–Trinajstić information content (AvgIpc) is 2.65. The van der Waals surface area contributed by atoms with Crippen LogP contribution in [0.1, 0.15) is 30.2 Å². The topological polar surface area (TPSA) is 53.9 Å². The Morgan fingerprint density at radius 3 is 2.75 bits per heavy atom. The van der Waals surface area contributed by atoms with Crippen molar-refractivity contribution in [3.63, 3.8) is 0 Å². The highest BCUT2D eigenvalue weighted by Crippen LogP contribution is 2.19. The Morgan fingerprint density at radius 1 is 1.50 bits per heavy atom. The van der Waals surface area contributed by atoms with Crippen LogP contribution >= 0.6 is 15.9 Å². The van der Waals surface area contributed by atoms with Crippen molar-refractivity contribution in [2.45, 2.75) is 26.4 Å². The normalized spacial score (nSPS) is 12.9. The van der Waals surface area contributed by atoms with Gasteiger partial charge in [-0.2, -0.15) is 0 Å². The van der Waals surface area contributed by atoms with Gasteiger partial charge in [0.25, 0.3) is 5.56 Å². The van der Waals surface area contributed by atoms with Crippen molar-refractivity contribution in [3.05, 3.63) is 50.4 Å². The highest BCUT2D eigenvalue weighted by molar-refractivity contribution is 9.10. The Labute approximate surface area is 126 Å². The van der Waals surface area contributed by atoms with Gasteiger partial charge in [0.15, 0.2) is 0 Å². The van der Waals surface area contributed by atoms with Gasteiger partial charge in [-0.3, -0.25) is 9.69 Å². The van der Waals surface area contributed by atoms with E-state index in [0.717, 1.165) is 16.7 Å². The molecular weight excluding hydrogens is 320 g/mol. The summed E-state index contributed by atoms with van der Waals surface area (Å²) in [7, 11) is 4.04. The summed E-state index contributed by atoms with van der Waals surface area (Å²) < 4.78 is 3.15. The molecule has 0 aliphatic rings. The maximum absolute atomic E-state index is 11.5. The fourth-order valence-corrected chi connectivity index (χ4v) is 2.70. The number of hydrogen-bond acceptors (Lipinski definition) is 3. The zero-order chi connectivity index (χ0) is 14.9. The van der Waals surface area contributed by atoms with Gasteiger partial charge in [0.1, 0.15) is 5.82 Å². The molecule has 0 aromatic carbocycles. The summed E-state index contributed by atoms with van der Waals surface area (Å²) in [5.74, 6) is 0.700. The van der Waals surface area contributed by atoms with Gasteiger partial charge >= 0.3 is 0 Å². The predicted molar refractivity (Wildman–Crippen MR) is 82.6 cm³/mol. The van der Waals surface area contributed by atoms with E-state index < -0.39 is 0 Å². The van der Waals surface area contributed by atoms with Crippen LogP contribution in [0.25, 0.3) is 0 Å².